The zero-order chi connectivity index (χ0) is 22.2. The number of fused-ring (bicyclic) bond motifs is 2. The Bertz CT molecular complexity index is 1390. The van der Waals surface area contributed by atoms with Gasteiger partial charge in [-0.05, 0) is 59.5 Å². The highest BCUT2D eigenvalue weighted by Gasteiger charge is 2.20. The van der Waals surface area contributed by atoms with Gasteiger partial charge in [0.1, 0.15) is 6.54 Å². The Morgan fingerprint density at radius 1 is 1.12 bits per heavy atom. The third-order valence-corrected chi connectivity index (χ3v) is 6.50. The average molecular weight is 497 g/mol. The molecule has 2 N–H and O–H groups in total. The van der Waals surface area contributed by atoms with Gasteiger partial charge in [0.25, 0.3) is 5.91 Å². The summed E-state index contributed by atoms with van der Waals surface area (Å²) in [6.07, 6.45) is 4.74. The number of nitrogens with zero attached hydrogens (tertiary/aromatic N) is 2. The molecule has 0 bridgehead atoms. The number of carbonyl (C=O) groups excluding carboxylic acids is 2. The monoisotopic (exact) mass is 496 g/mol. The zero-order valence-corrected chi connectivity index (χ0v) is 18.8. The lowest BCUT2D eigenvalue weighted by atomic mass is 10.1. The van der Waals surface area contributed by atoms with Gasteiger partial charge in [-0.15, -0.1) is 0 Å². The molecule has 2 aromatic carbocycles. The van der Waals surface area contributed by atoms with Gasteiger partial charge in [0.2, 0.25) is 5.91 Å². The predicted octanol–water partition coefficient (Wildman–Crippen LogP) is 4.10. The smallest absolute Gasteiger partial charge is 0.408 e. The Morgan fingerprint density at radius 2 is 1.94 bits per heavy atom. The van der Waals surface area contributed by atoms with Crippen molar-refractivity contribution in [3.8, 4) is 0 Å². The number of H-pyrrole nitrogens is 1. The Labute approximate surface area is 191 Å². The molecular weight excluding hydrogens is 476 g/mol. The molecule has 3 heterocycles. The van der Waals surface area contributed by atoms with Gasteiger partial charge in [-0.2, -0.15) is 0 Å². The van der Waals surface area contributed by atoms with Crippen molar-refractivity contribution in [2.75, 3.05) is 18.4 Å². The highest BCUT2D eigenvalue weighted by Crippen LogP contribution is 2.27. The Kier molecular flexibility index (Phi) is 5.34. The molecule has 164 valence electrons. The van der Waals surface area contributed by atoms with Gasteiger partial charge in [0.05, 0.1) is 16.6 Å². The molecule has 0 radical (unpaired) electrons. The number of carbonyl (C=O) groups is 2. The van der Waals surface area contributed by atoms with E-state index in [1.54, 1.807) is 29.3 Å². The van der Waals surface area contributed by atoms with E-state index >= 15 is 0 Å². The van der Waals surface area contributed by atoms with Crippen LogP contribution in [0.15, 0.2) is 56.3 Å². The van der Waals surface area contributed by atoms with Gasteiger partial charge in [0.15, 0.2) is 5.58 Å². The van der Waals surface area contributed by atoms with Crippen LogP contribution < -0.4 is 11.1 Å². The number of aromatic amines is 1. The summed E-state index contributed by atoms with van der Waals surface area (Å²) in [6, 6.07) is 10.6. The molecule has 2 aromatic heterocycles. The van der Waals surface area contributed by atoms with Crippen molar-refractivity contribution in [3.05, 3.63) is 63.2 Å². The van der Waals surface area contributed by atoms with E-state index in [-0.39, 0.29) is 18.4 Å². The summed E-state index contributed by atoms with van der Waals surface area (Å²) in [6.45, 7) is 1.34. The summed E-state index contributed by atoms with van der Waals surface area (Å²) in [4.78, 5) is 42.9. The van der Waals surface area contributed by atoms with E-state index in [0.717, 1.165) is 34.6 Å². The number of anilines is 1. The molecule has 1 fully saturated rings. The number of hydrogen-bond acceptors (Lipinski definition) is 4. The standard InChI is InChI=1S/C23H21BrN4O4/c24-17-6-4-5-15-16(12-25-21(15)17)22(30)26-14-7-8-19-18(11-14)28(23(31)32-19)13-20(29)27-9-2-1-3-10-27/h4-8,11-12,25H,1-3,9-10,13H2,(H,26,30). The van der Waals surface area contributed by atoms with Crippen LogP contribution in [0.25, 0.3) is 22.0 Å². The first-order chi connectivity index (χ1) is 15.5. The van der Waals surface area contributed by atoms with Gasteiger partial charge < -0.3 is 19.6 Å². The number of oxazole rings is 1. The SMILES string of the molecule is O=C(Nc1ccc2oc(=O)n(CC(=O)N3CCCCC3)c2c1)c1c[nH]c2c(Br)cccc12. The van der Waals surface area contributed by atoms with E-state index in [1.807, 2.05) is 18.2 Å². The molecule has 4 aromatic rings. The van der Waals surface area contributed by atoms with Gasteiger partial charge in [-0.25, -0.2) is 4.79 Å². The van der Waals surface area contributed by atoms with E-state index in [1.165, 1.54) is 4.57 Å². The van der Waals surface area contributed by atoms with Gasteiger partial charge in [0, 0.05) is 34.8 Å². The van der Waals surface area contributed by atoms with Crippen molar-refractivity contribution in [2.24, 2.45) is 0 Å². The fourth-order valence-electron chi connectivity index (χ4n) is 4.17. The molecule has 1 aliphatic rings. The first-order valence-corrected chi connectivity index (χ1v) is 11.3. The summed E-state index contributed by atoms with van der Waals surface area (Å²) < 4.78 is 7.50. The maximum atomic E-state index is 12.9. The first kappa shape index (κ1) is 20.6. The number of likely N-dealkylation sites (tertiary alicyclic amines) is 1. The van der Waals surface area contributed by atoms with Crippen LogP contribution in [0.4, 0.5) is 5.69 Å². The number of nitrogens with one attached hydrogen (secondary N) is 2. The fourth-order valence-corrected chi connectivity index (χ4v) is 4.65. The topological polar surface area (TPSA) is 100 Å². The van der Waals surface area contributed by atoms with E-state index in [0.29, 0.717) is 35.4 Å². The third-order valence-electron chi connectivity index (χ3n) is 5.84. The summed E-state index contributed by atoms with van der Waals surface area (Å²) in [5.74, 6) is -0.973. The van der Waals surface area contributed by atoms with Crippen molar-refractivity contribution in [2.45, 2.75) is 25.8 Å². The van der Waals surface area contributed by atoms with Crippen LogP contribution in [0.1, 0.15) is 29.6 Å². The minimum atomic E-state index is -0.588. The second-order valence-electron chi connectivity index (χ2n) is 7.90. The lowest BCUT2D eigenvalue weighted by Crippen LogP contribution is -2.39. The molecular formula is C23H21BrN4O4. The lowest BCUT2D eigenvalue weighted by Gasteiger charge is -2.26. The Hall–Kier alpha value is -3.33. The van der Waals surface area contributed by atoms with Crippen LogP contribution in [0.3, 0.4) is 0 Å². The van der Waals surface area contributed by atoms with Crippen molar-refractivity contribution >= 4 is 55.4 Å². The lowest BCUT2D eigenvalue weighted by molar-refractivity contribution is -0.132. The van der Waals surface area contributed by atoms with Crippen LogP contribution >= 0.6 is 15.9 Å². The largest absolute Gasteiger partial charge is 0.420 e. The molecule has 0 unspecified atom stereocenters. The molecule has 0 atom stereocenters. The number of hydrogen-bond donors (Lipinski definition) is 2. The van der Waals surface area contributed by atoms with Gasteiger partial charge in [-0.3, -0.25) is 14.2 Å². The minimum absolute atomic E-state index is 0.0836. The summed E-state index contributed by atoms with van der Waals surface area (Å²) in [5.41, 5.74) is 2.70. The quantitative estimate of drug-likeness (QED) is 0.444. The minimum Gasteiger partial charge on any atom is -0.408 e. The van der Waals surface area contributed by atoms with Crippen molar-refractivity contribution < 1.29 is 14.0 Å². The number of piperidine rings is 1. The summed E-state index contributed by atoms with van der Waals surface area (Å²) in [5, 5.41) is 3.67. The normalized spacial score (nSPS) is 14.2. The second kappa shape index (κ2) is 8.31. The van der Waals surface area contributed by atoms with Crippen molar-refractivity contribution in [3.63, 3.8) is 0 Å². The molecule has 0 spiro atoms. The van der Waals surface area contributed by atoms with E-state index in [4.69, 9.17) is 4.42 Å². The molecule has 0 saturated carbocycles. The third kappa shape index (κ3) is 3.73. The van der Waals surface area contributed by atoms with E-state index < -0.39 is 5.76 Å². The Morgan fingerprint density at radius 3 is 2.75 bits per heavy atom. The molecule has 8 nitrogen and oxygen atoms in total. The van der Waals surface area contributed by atoms with Crippen molar-refractivity contribution in [1.29, 1.82) is 0 Å². The molecule has 32 heavy (non-hydrogen) atoms. The number of para-hydroxylation sites is 1. The van der Waals surface area contributed by atoms with E-state index in [9.17, 15) is 14.4 Å². The van der Waals surface area contributed by atoms with Crippen LogP contribution in [0.2, 0.25) is 0 Å². The summed E-state index contributed by atoms with van der Waals surface area (Å²) in [7, 11) is 0. The first-order valence-electron chi connectivity index (χ1n) is 10.5. The van der Waals surface area contributed by atoms with Crippen LogP contribution in [-0.4, -0.2) is 39.4 Å². The molecule has 9 heteroatoms. The van der Waals surface area contributed by atoms with Gasteiger partial charge in [-0.1, -0.05) is 12.1 Å². The molecule has 1 saturated heterocycles. The molecule has 1 aliphatic heterocycles. The number of amides is 2. The number of benzene rings is 2. The van der Waals surface area contributed by atoms with Gasteiger partial charge >= 0.3 is 5.76 Å². The highest BCUT2D eigenvalue weighted by atomic mass is 79.9. The molecule has 2 amide bonds. The number of halogens is 1. The van der Waals surface area contributed by atoms with Crippen LogP contribution in [0, 0.1) is 0 Å². The zero-order valence-electron chi connectivity index (χ0n) is 17.2. The van der Waals surface area contributed by atoms with Crippen LogP contribution in [0.5, 0.6) is 0 Å². The van der Waals surface area contributed by atoms with Crippen molar-refractivity contribution in [1.82, 2.24) is 14.5 Å². The van der Waals surface area contributed by atoms with E-state index in [2.05, 4.69) is 26.2 Å². The average Bonchev–Trinajstić information content (AvgIpc) is 3.36. The Balaban J connectivity index is 1.42. The molecule has 5 rings (SSSR count). The second-order valence-corrected chi connectivity index (χ2v) is 8.75. The fraction of sp³-hybridized carbons (Fsp3) is 0.261. The molecule has 0 aliphatic carbocycles. The highest BCUT2D eigenvalue weighted by molar-refractivity contribution is 9.10. The maximum Gasteiger partial charge on any atom is 0.420 e. The van der Waals surface area contributed by atoms with Crippen LogP contribution in [-0.2, 0) is 11.3 Å². The number of rotatable bonds is 4. The number of aromatic nitrogens is 2. The predicted molar refractivity (Wildman–Crippen MR) is 125 cm³/mol. The summed E-state index contributed by atoms with van der Waals surface area (Å²) >= 11 is 3.48. The maximum absolute atomic E-state index is 12.9.